The topological polar surface area (TPSA) is 45.2 Å². The molecular weight excluding hydrogens is 232 g/mol. The van der Waals surface area contributed by atoms with Gasteiger partial charge in [0.05, 0.1) is 18.8 Å². The van der Waals surface area contributed by atoms with E-state index in [0.717, 1.165) is 58.8 Å². The minimum absolute atomic E-state index is 0.279. The zero-order valence-corrected chi connectivity index (χ0v) is 11.4. The van der Waals surface area contributed by atoms with E-state index in [2.05, 4.69) is 16.8 Å². The van der Waals surface area contributed by atoms with Crippen LogP contribution in [0.5, 0.6) is 0 Å². The second kappa shape index (κ2) is 7.40. The zero-order chi connectivity index (χ0) is 12.8. The minimum Gasteiger partial charge on any atom is -0.389 e. The molecule has 1 N–H and O–H groups in total. The van der Waals surface area contributed by atoms with Crippen LogP contribution in [0.15, 0.2) is 0 Å². The van der Waals surface area contributed by atoms with Gasteiger partial charge in [0.25, 0.3) is 0 Å². The van der Waals surface area contributed by atoms with Crippen molar-refractivity contribution in [3.8, 4) is 0 Å². The van der Waals surface area contributed by atoms with Crippen LogP contribution >= 0.6 is 0 Å². The first-order chi connectivity index (χ1) is 8.74. The van der Waals surface area contributed by atoms with Crippen molar-refractivity contribution >= 4 is 0 Å². The number of hydrogen-bond donors (Lipinski definition) is 1. The van der Waals surface area contributed by atoms with Crippen molar-refractivity contribution in [2.24, 2.45) is 0 Å². The van der Waals surface area contributed by atoms with Crippen molar-refractivity contribution in [3.05, 3.63) is 0 Å². The number of hydrogen-bond acceptors (Lipinski definition) is 5. The van der Waals surface area contributed by atoms with Gasteiger partial charge < -0.3 is 19.5 Å². The molecule has 0 aliphatic carbocycles. The van der Waals surface area contributed by atoms with Crippen LogP contribution in [0.25, 0.3) is 0 Å². The van der Waals surface area contributed by atoms with Gasteiger partial charge in [0, 0.05) is 45.9 Å². The van der Waals surface area contributed by atoms with Crippen LogP contribution in [0.1, 0.15) is 12.8 Å². The number of piperazine rings is 1. The van der Waals surface area contributed by atoms with Gasteiger partial charge >= 0.3 is 0 Å². The smallest absolute Gasteiger partial charge is 0.0900 e. The summed E-state index contributed by atoms with van der Waals surface area (Å²) in [5.41, 5.74) is 0. The molecule has 106 valence electrons. The molecule has 5 heteroatoms. The summed E-state index contributed by atoms with van der Waals surface area (Å²) in [6.45, 7) is 7.04. The Morgan fingerprint density at radius 3 is 2.56 bits per heavy atom. The molecule has 18 heavy (non-hydrogen) atoms. The van der Waals surface area contributed by atoms with Crippen LogP contribution in [0, 0.1) is 0 Å². The second-order valence-electron chi connectivity index (χ2n) is 5.40. The lowest BCUT2D eigenvalue weighted by atomic mass is 10.1. The standard InChI is InChI=1S/C13H26N2O3/c1-14-4-6-15(7-5-14)10-12(16)11-18-13-2-8-17-9-3-13/h12-13,16H,2-11H2,1H3. The first-order valence-corrected chi connectivity index (χ1v) is 7.02. The SMILES string of the molecule is CN1CCN(CC(O)COC2CCOCC2)CC1. The molecule has 2 heterocycles. The van der Waals surface area contributed by atoms with E-state index in [1.807, 2.05) is 0 Å². The van der Waals surface area contributed by atoms with Gasteiger partial charge in [-0.2, -0.15) is 0 Å². The molecule has 1 atom stereocenters. The average molecular weight is 258 g/mol. The van der Waals surface area contributed by atoms with E-state index in [4.69, 9.17) is 9.47 Å². The maximum absolute atomic E-state index is 9.99. The summed E-state index contributed by atoms with van der Waals surface area (Å²) in [5, 5.41) is 9.99. The van der Waals surface area contributed by atoms with E-state index in [9.17, 15) is 5.11 Å². The molecule has 0 amide bonds. The van der Waals surface area contributed by atoms with E-state index >= 15 is 0 Å². The highest BCUT2D eigenvalue weighted by atomic mass is 16.5. The zero-order valence-electron chi connectivity index (χ0n) is 11.4. The molecule has 2 rings (SSSR count). The lowest BCUT2D eigenvalue weighted by molar-refractivity contribution is -0.0655. The monoisotopic (exact) mass is 258 g/mol. The highest BCUT2D eigenvalue weighted by Crippen LogP contribution is 2.11. The van der Waals surface area contributed by atoms with Crippen molar-refractivity contribution < 1.29 is 14.6 Å². The van der Waals surface area contributed by atoms with Crippen LogP contribution in [0.2, 0.25) is 0 Å². The van der Waals surface area contributed by atoms with Crippen LogP contribution in [-0.2, 0) is 9.47 Å². The molecule has 0 spiro atoms. The summed E-state index contributed by atoms with van der Waals surface area (Å²) in [7, 11) is 2.14. The van der Waals surface area contributed by atoms with Crippen molar-refractivity contribution in [1.82, 2.24) is 9.80 Å². The third-order valence-corrected chi connectivity index (χ3v) is 3.76. The molecule has 2 saturated heterocycles. The van der Waals surface area contributed by atoms with Crippen molar-refractivity contribution in [2.45, 2.75) is 25.0 Å². The van der Waals surface area contributed by atoms with E-state index < -0.39 is 0 Å². The van der Waals surface area contributed by atoms with E-state index in [0.29, 0.717) is 6.61 Å². The third kappa shape index (κ3) is 4.82. The highest BCUT2D eigenvalue weighted by molar-refractivity contribution is 4.72. The van der Waals surface area contributed by atoms with E-state index in [1.165, 1.54) is 0 Å². The fourth-order valence-electron chi connectivity index (χ4n) is 2.47. The van der Waals surface area contributed by atoms with Gasteiger partial charge in [-0.3, -0.25) is 4.90 Å². The number of likely N-dealkylation sites (N-methyl/N-ethyl adjacent to an activating group) is 1. The molecule has 0 aromatic rings. The average Bonchev–Trinajstić information content (AvgIpc) is 2.40. The number of ether oxygens (including phenoxy) is 2. The summed E-state index contributed by atoms with van der Waals surface area (Å²) in [4.78, 5) is 4.64. The van der Waals surface area contributed by atoms with E-state index in [1.54, 1.807) is 0 Å². The molecule has 5 nitrogen and oxygen atoms in total. The molecule has 1 unspecified atom stereocenters. The molecule has 2 fully saturated rings. The van der Waals surface area contributed by atoms with Gasteiger partial charge in [-0.15, -0.1) is 0 Å². The molecule has 0 radical (unpaired) electrons. The maximum atomic E-state index is 9.99. The Balaban J connectivity index is 1.58. The Morgan fingerprint density at radius 1 is 1.22 bits per heavy atom. The number of β-amino-alcohol motifs (C(OH)–C–C–N with tert-alkyl or cyclic N) is 1. The number of aliphatic hydroxyl groups is 1. The lowest BCUT2D eigenvalue weighted by Crippen LogP contribution is -2.47. The van der Waals surface area contributed by atoms with Gasteiger partial charge in [0.15, 0.2) is 0 Å². The number of nitrogens with zero attached hydrogens (tertiary/aromatic N) is 2. The predicted octanol–water partition coefficient (Wildman–Crippen LogP) is -0.210. The quantitative estimate of drug-likeness (QED) is 0.739. The number of rotatable bonds is 5. The Bertz CT molecular complexity index is 226. The second-order valence-corrected chi connectivity index (χ2v) is 5.40. The summed E-state index contributed by atoms with van der Waals surface area (Å²) < 4.78 is 11.0. The first kappa shape index (κ1) is 14.2. The Morgan fingerprint density at radius 2 is 1.89 bits per heavy atom. The third-order valence-electron chi connectivity index (χ3n) is 3.76. The predicted molar refractivity (Wildman–Crippen MR) is 69.7 cm³/mol. The molecular formula is C13H26N2O3. The van der Waals surface area contributed by atoms with Crippen LogP contribution in [-0.4, -0.2) is 86.7 Å². The van der Waals surface area contributed by atoms with Crippen molar-refractivity contribution in [2.75, 3.05) is 59.6 Å². The van der Waals surface area contributed by atoms with Gasteiger partial charge in [-0.1, -0.05) is 0 Å². The van der Waals surface area contributed by atoms with Gasteiger partial charge in [0.1, 0.15) is 0 Å². The summed E-state index contributed by atoms with van der Waals surface area (Å²) in [5.74, 6) is 0. The Hall–Kier alpha value is -0.200. The minimum atomic E-state index is -0.365. The molecule has 0 aromatic heterocycles. The maximum Gasteiger partial charge on any atom is 0.0900 e. The molecule has 0 bridgehead atoms. The molecule has 0 saturated carbocycles. The summed E-state index contributed by atoms with van der Waals surface area (Å²) in [6, 6.07) is 0. The van der Waals surface area contributed by atoms with Gasteiger partial charge in [0.2, 0.25) is 0 Å². The van der Waals surface area contributed by atoms with Gasteiger partial charge in [-0.05, 0) is 19.9 Å². The van der Waals surface area contributed by atoms with Crippen LogP contribution < -0.4 is 0 Å². The van der Waals surface area contributed by atoms with Crippen LogP contribution in [0.4, 0.5) is 0 Å². The highest BCUT2D eigenvalue weighted by Gasteiger charge is 2.19. The normalized spacial score (nSPS) is 26.3. The Kier molecular flexibility index (Phi) is 5.85. The summed E-state index contributed by atoms with van der Waals surface area (Å²) in [6.07, 6.45) is 1.83. The lowest BCUT2D eigenvalue weighted by Gasteiger charge is -2.33. The summed E-state index contributed by atoms with van der Waals surface area (Å²) >= 11 is 0. The molecule has 2 aliphatic rings. The number of aliphatic hydroxyl groups excluding tert-OH is 1. The fourth-order valence-corrected chi connectivity index (χ4v) is 2.47. The fraction of sp³-hybridized carbons (Fsp3) is 1.00. The largest absolute Gasteiger partial charge is 0.389 e. The van der Waals surface area contributed by atoms with Crippen LogP contribution in [0.3, 0.4) is 0 Å². The van der Waals surface area contributed by atoms with Crippen molar-refractivity contribution in [3.63, 3.8) is 0 Å². The van der Waals surface area contributed by atoms with E-state index in [-0.39, 0.29) is 12.2 Å². The molecule has 2 aliphatic heterocycles. The first-order valence-electron chi connectivity index (χ1n) is 7.02. The Labute approximate surface area is 110 Å². The van der Waals surface area contributed by atoms with Gasteiger partial charge in [-0.25, -0.2) is 0 Å². The van der Waals surface area contributed by atoms with Crippen molar-refractivity contribution in [1.29, 1.82) is 0 Å². The molecule has 0 aromatic carbocycles.